The lowest BCUT2D eigenvalue weighted by atomic mass is 9.78. The number of hydrogen-bond acceptors (Lipinski definition) is 5. The number of ether oxygens (including phenoxy) is 1. The van der Waals surface area contributed by atoms with Crippen LogP contribution in [0.1, 0.15) is 37.8 Å². The third kappa shape index (κ3) is 4.06. The zero-order chi connectivity index (χ0) is 20.9. The summed E-state index contributed by atoms with van der Waals surface area (Å²) in [5.41, 5.74) is -1.08. The van der Waals surface area contributed by atoms with Crippen LogP contribution in [0, 0.1) is 5.41 Å². The molecule has 0 atom stereocenters. The maximum absolute atomic E-state index is 12.9. The van der Waals surface area contributed by atoms with Gasteiger partial charge in [-0.2, -0.15) is 22.6 Å². The smallest absolute Gasteiger partial charge is 0.381 e. The van der Waals surface area contributed by atoms with Crippen molar-refractivity contribution in [2.75, 3.05) is 39.4 Å². The number of hydrogen-bond donors (Lipinski definition) is 0. The second-order valence-electron chi connectivity index (χ2n) is 8.46. The van der Waals surface area contributed by atoms with E-state index in [9.17, 15) is 21.6 Å². The molecular formula is C18H27F3N4O3S. The Kier molecular flexibility index (Phi) is 5.46. The Morgan fingerprint density at radius 3 is 2.34 bits per heavy atom. The molecule has 3 saturated heterocycles. The first-order chi connectivity index (χ1) is 13.6. The van der Waals surface area contributed by atoms with Crippen LogP contribution in [0.4, 0.5) is 13.2 Å². The molecule has 0 aromatic carbocycles. The Bertz CT molecular complexity index is 841. The van der Waals surface area contributed by atoms with Crippen LogP contribution in [0.5, 0.6) is 0 Å². The molecule has 11 heteroatoms. The van der Waals surface area contributed by atoms with Crippen molar-refractivity contribution in [1.29, 1.82) is 0 Å². The normalized spacial score (nSPS) is 25.1. The van der Waals surface area contributed by atoms with Gasteiger partial charge in [0.05, 0.1) is 0 Å². The first-order valence-corrected chi connectivity index (χ1v) is 11.5. The molecule has 0 unspecified atom stereocenters. The lowest BCUT2D eigenvalue weighted by molar-refractivity contribution is -0.141. The summed E-state index contributed by atoms with van der Waals surface area (Å²) < 4.78 is 72.2. The molecule has 3 fully saturated rings. The van der Waals surface area contributed by atoms with Gasteiger partial charge in [-0.15, -0.1) is 0 Å². The maximum Gasteiger partial charge on any atom is 0.435 e. The highest BCUT2D eigenvalue weighted by molar-refractivity contribution is 7.89. The monoisotopic (exact) mass is 436 g/mol. The zero-order valence-corrected chi connectivity index (χ0v) is 17.3. The van der Waals surface area contributed by atoms with E-state index >= 15 is 0 Å². The minimum absolute atomic E-state index is 0.105. The van der Waals surface area contributed by atoms with Crippen molar-refractivity contribution in [1.82, 2.24) is 19.0 Å². The van der Waals surface area contributed by atoms with Crippen molar-refractivity contribution in [2.24, 2.45) is 12.5 Å². The van der Waals surface area contributed by atoms with Gasteiger partial charge in [0.15, 0.2) is 10.7 Å². The summed E-state index contributed by atoms with van der Waals surface area (Å²) in [5, 5.41) is 2.94. The molecular weight excluding hydrogens is 409 g/mol. The van der Waals surface area contributed by atoms with Crippen LogP contribution in [-0.2, 0) is 28.0 Å². The second-order valence-corrected chi connectivity index (χ2v) is 10.3. The molecule has 4 heterocycles. The quantitative estimate of drug-likeness (QED) is 0.726. The Morgan fingerprint density at radius 2 is 1.76 bits per heavy atom. The molecule has 0 saturated carbocycles. The fraction of sp³-hybridized carbons (Fsp3) is 0.833. The molecule has 3 aliphatic rings. The largest absolute Gasteiger partial charge is 0.435 e. The molecule has 1 spiro atoms. The first kappa shape index (κ1) is 21.1. The Labute approximate surface area is 168 Å². The number of likely N-dealkylation sites (tertiary alicyclic amines) is 1. The first-order valence-electron chi connectivity index (χ1n) is 10.0. The average molecular weight is 437 g/mol. The molecule has 3 aliphatic heterocycles. The van der Waals surface area contributed by atoms with E-state index in [0.29, 0.717) is 25.2 Å². The number of rotatable bonds is 3. The van der Waals surface area contributed by atoms with Gasteiger partial charge in [-0.3, -0.25) is 9.58 Å². The van der Waals surface area contributed by atoms with Gasteiger partial charge in [-0.05, 0) is 44.1 Å². The van der Waals surface area contributed by atoms with Gasteiger partial charge in [0.2, 0.25) is 0 Å². The molecule has 7 nitrogen and oxygen atoms in total. The highest BCUT2D eigenvalue weighted by Crippen LogP contribution is 2.43. The summed E-state index contributed by atoms with van der Waals surface area (Å²) in [5.74, 6) is 0. The standard InChI is InChI=1S/C18H27F3N4O3S/c1-23-16(12-15(22-23)18(19,20)21)29(26,27)25-8-5-17(6-9-25)4-7-24(13-17)14-2-10-28-11-3-14/h12,14H,2-11,13H2,1H3. The number of sulfonamides is 1. The van der Waals surface area contributed by atoms with Crippen LogP contribution >= 0.6 is 0 Å². The van der Waals surface area contributed by atoms with E-state index in [4.69, 9.17) is 4.74 Å². The van der Waals surface area contributed by atoms with Crippen LogP contribution < -0.4 is 0 Å². The van der Waals surface area contributed by atoms with E-state index < -0.39 is 26.9 Å². The van der Waals surface area contributed by atoms with Crippen LogP contribution in [0.2, 0.25) is 0 Å². The van der Waals surface area contributed by atoms with E-state index in [1.165, 1.54) is 11.4 Å². The predicted molar refractivity (Wildman–Crippen MR) is 98.7 cm³/mol. The van der Waals surface area contributed by atoms with E-state index in [2.05, 4.69) is 10.00 Å². The number of halogens is 3. The fourth-order valence-electron chi connectivity index (χ4n) is 4.90. The van der Waals surface area contributed by atoms with Crippen molar-refractivity contribution in [2.45, 2.75) is 49.3 Å². The molecule has 0 N–H and O–H groups in total. The minimum atomic E-state index is -4.67. The summed E-state index contributed by atoms with van der Waals surface area (Å²) in [6.45, 7) is 4.24. The van der Waals surface area contributed by atoms with Crippen molar-refractivity contribution in [3.63, 3.8) is 0 Å². The molecule has 0 radical (unpaired) electrons. The molecule has 0 aliphatic carbocycles. The average Bonchev–Trinajstić information content (AvgIpc) is 3.27. The summed E-state index contributed by atoms with van der Waals surface area (Å²) in [4.78, 5) is 2.52. The summed E-state index contributed by atoms with van der Waals surface area (Å²) in [6.07, 6.45) is -0.0831. The van der Waals surface area contributed by atoms with Crippen LogP contribution in [0.15, 0.2) is 11.1 Å². The van der Waals surface area contributed by atoms with Crippen LogP contribution in [-0.4, -0.2) is 72.8 Å². The third-order valence-electron chi connectivity index (χ3n) is 6.69. The minimum Gasteiger partial charge on any atom is -0.381 e. The summed E-state index contributed by atoms with van der Waals surface area (Å²) in [7, 11) is -2.78. The van der Waals surface area contributed by atoms with Crippen LogP contribution in [0.3, 0.4) is 0 Å². The topological polar surface area (TPSA) is 67.7 Å². The van der Waals surface area contributed by atoms with Crippen molar-refractivity contribution >= 4 is 10.0 Å². The summed E-state index contributed by atoms with van der Waals surface area (Å²) >= 11 is 0. The highest BCUT2D eigenvalue weighted by Gasteiger charge is 2.45. The molecule has 0 amide bonds. The van der Waals surface area contributed by atoms with Gasteiger partial charge in [-0.1, -0.05) is 0 Å². The SMILES string of the molecule is Cn1nc(C(F)(F)F)cc1S(=O)(=O)N1CCC2(CCN(C3CCOCC3)C2)CC1. The van der Waals surface area contributed by atoms with Gasteiger partial charge >= 0.3 is 6.18 Å². The second kappa shape index (κ2) is 7.51. The van der Waals surface area contributed by atoms with Gasteiger partial charge < -0.3 is 4.74 Å². The Balaban J connectivity index is 1.42. The number of piperidine rings is 1. The van der Waals surface area contributed by atoms with Gasteiger partial charge in [0, 0.05) is 52.0 Å². The number of nitrogens with zero attached hydrogens (tertiary/aromatic N) is 4. The number of aromatic nitrogens is 2. The van der Waals surface area contributed by atoms with E-state index in [1.54, 1.807) is 0 Å². The number of aryl methyl sites for hydroxylation is 1. The Hall–Kier alpha value is -1.17. The van der Waals surface area contributed by atoms with E-state index in [1.807, 2.05) is 0 Å². The molecule has 29 heavy (non-hydrogen) atoms. The molecule has 1 aromatic rings. The van der Waals surface area contributed by atoms with Gasteiger partial charge in [0.25, 0.3) is 10.0 Å². The molecule has 164 valence electrons. The summed E-state index contributed by atoms with van der Waals surface area (Å²) in [6, 6.07) is 1.17. The molecule has 1 aromatic heterocycles. The van der Waals surface area contributed by atoms with Crippen molar-refractivity contribution < 1.29 is 26.3 Å². The van der Waals surface area contributed by atoms with Gasteiger partial charge in [-0.25, -0.2) is 8.42 Å². The highest BCUT2D eigenvalue weighted by atomic mass is 32.2. The van der Waals surface area contributed by atoms with Crippen molar-refractivity contribution in [3.8, 4) is 0 Å². The predicted octanol–water partition coefficient (Wildman–Crippen LogP) is 2.09. The maximum atomic E-state index is 12.9. The van der Waals surface area contributed by atoms with Gasteiger partial charge in [0.1, 0.15) is 0 Å². The number of alkyl halides is 3. The molecule has 4 rings (SSSR count). The Morgan fingerprint density at radius 1 is 1.14 bits per heavy atom. The van der Waals surface area contributed by atoms with Crippen molar-refractivity contribution in [3.05, 3.63) is 11.8 Å². The van der Waals surface area contributed by atoms with Crippen LogP contribution in [0.25, 0.3) is 0 Å². The van der Waals surface area contributed by atoms with E-state index in [0.717, 1.165) is 63.1 Å². The molecule has 0 bridgehead atoms. The fourth-order valence-corrected chi connectivity index (χ4v) is 6.47. The third-order valence-corrected chi connectivity index (χ3v) is 8.65. The van der Waals surface area contributed by atoms with E-state index in [-0.39, 0.29) is 5.41 Å². The lowest BCUT2D eigenvalue weighted by Crippen LogP contribution is -2.45. The lowest BCUT2D eigenvalue weighted by Gasteiger charge is -2.39. The zero-order valence-electron chi connectivity index (χ0n) is 16.5.